The highest BCUT2D eigenvalue weighted by Crippen LogP contribution is 2.22. The first-order valence-electron chi connectivity index (χ1n) is 9.86. The van der Waals surface area contributed by atoms with Crippen molar-refractivity contribution in [3.8, 4) is 5.75 Å². The van der Waals surface area contributed by atoms with Gasteiger partial charge in [-0.15, -0.1) is 0 Å². The van der Waals surface area contributed by atoms with Gasteiger partial charge >= 0.3 is 0 Å². The zero-order chi connectivity index (χ0) is 19.9. The van der Waals surface area contributed by atoms with E-state index < -0.39 is 0 Å². The molecule has 0 saturated carbocycles. The second-order valence-electron chi connectivity index (χ2n) is 9.36. The van der Waals surface area contributed by atoms with Gasteiger partial charge in [0.2, 0.25) is 0 Å². The molecule has 1 heterocycles. The van der Waals surface area contributed by atoms with E-state index in [1.54, 1.807) is 0 Å². The summed E-state index contributed by atoms with van der Waals surface area (Å²) in [7, 11) is 0. The molecule has 0 radical (unpaired) electrons. The average molecular weight is 373 g/mol. The summed E-state index contributed by atoms with van der Waals surface area (Å²) in [5.74, 6) is 0.903. The van der Waals surface area contributed by atoms with Crippen LogP contribution >= 0.6 is 0 Å². The number of allylic oxidation sites excluding steroid dienone is 1. The van der Waals surface area contributed by atoms with Crippen molar-refractivity contribution >= 4 is 0 Å². The number of hydrogen-bond donors (Lipinski definition) is 2. The summed E-state index contributed by atoms with van der Waals surface area (Å²) in [5, 5.41) is 6.90. The average Bonchev–Trinajstić information content (AvgIpc) is 2.57. The number of hydrogen-bond acceptors (Lipinski definition) is 4. The predicted octanol–water partition coefficient (Wildman–Crippen LogP) is 4.95. The molecular weight excluding hydrogens is 336 g/mol. The Kier molecular flexibility index (Phi) is 7.37. The maximum absolute atomic E-state index is 5.81. The minimum atomic E-state index is 0.0570. The van der Waals surface area contributed by atoms with Gasteiger partial charge in [0.05, 0.1) is 25.0 Å². The second-order valence-corrected chi connectivity index (χ2v) is 9.36. The molecule has 0 aliphatic carbocycles. The molecule has 1 aliphatic heterocycles. The summed E-state index contributed by atoms with van der Waals surface area (Å²) < 4.78 is 11.5. The lowest BCUT2D eigenvalue weighted by Crippen LogP contribution is -2.36. The van der Waals surface area contributed by atoms with Crippen LogP contribution in [-0.4, -0.2) is 25.4 Å². The van der Waals surface area contributed by atoms with Crippen molar-refractivity contribution in [1.82, 2.24) is 10.6 Å². The summed E-state index contributed by atoms with van der Waals surface area (Å²) in [5.41, 5.74) is 2.60. The quantitative estimate of drug-likeness (QED) is 0.634. The Balaban J connectivity index is 1.72. The predicted molar refractivity (Wildman–Crippen MR) is 113 cm³/mol. The highest BCUT2D eigenvalue weighted by atomic mass is 16.5. The molecule has 27 heavy (non-hydrogen) atoms. The number of rotatable bonds is 8. The zero-order valence-electron chi connectivity index (χ0n) is 17.8. The molecule has 0 bridgehead atoms. The fraction of sp³-hybridized carbons (Fsp3) is 0.565. The fourth-order valence-corrected chi connectivity index (χ4v) is 2.70. The van der Waals surface area contributed by atoms with E-state index in [4.69, 9.17) is 9.47 Å². The van der Waals surface area contributed by atoms with E-state index in [-0.39, 0.29) is 17.0 Å². The van der Waals surface area contributed by atoms with Crippen LogP contribution < -0.4 is 15.4 Å². The first kappa shape index (κ1) is 21.4. The van der Waals surface area contributed by atoms with E-state index in [9.17, 15) is 0 Å². The summed E-state index contributed by atoms with van der Waals surface area (Å²) in [6.07, 6.45) is 7.25. The van der Waals surface area contributed by atoms with Crippen LogP contribution in [0.15, 0.2) is 48.3 Å². The van der Waals surface area contributed by atoms with Crippen LogP contribution in [0.4, 0.5) is 0 Å². The van der Waals surface area contributed by atoms with Crippen LogP contribution in [-0.2, 0) is 4.74 Å². The number of benzene rings is 1. The third kappa shape index (κ3) is 8.53. The molecule has 0 fully saturated rings. The molecule has 0 saturated heterocycles. The Bertz CT molecular complexity index is 634. The molecule has 2 N–H and O–H groups in total. The summed E-state index contributed by atoms with van der Waals surface area (Å²) in [4.78, 5) is 0. The van der Waals surface area contributed by atoms with Crippen LogP contribution in [0.25, 0.3) is 0 Å². The largest absolute Gasteiger partial charge is 0.494 e. The monoisotopic (exact) mass is 372 g/mol. The van der Waals surface area contributed by atoms with Crippen molar-refractivity contribution < 1.29 is 9.47 Å². The molecule has 2 rings (SSSR count). The van der Waals surface area contributed by atoms with E-state index in [1.807, 2.05) is 18.3 Å². The third-order valence-electron chi connectivity index (χ3n) is 3.88. The maximum atomic E-state index is 5.81. The van der Waals surface area contributed by atoms with Gasteiger partial charge in [0.15, 0.2) is 0 Å². The smallest absolute Gasteiger partial charge is 0.119 e. The SMILES string of the molecule is CC(C)(C)COCCCOc1ccc(C2C=CC(NC(C)(C)C)=CN2)cc1. The van der Waals surface area contributed by atoms with Gasteiger partial charge in [0.25, 0.3) is 0 Å². The minimum Gasteiger partial charge on any atom is -0.494 e. The lowest BCUT2D eigenvalue weighted by molar-refractivity contribution is 0.0634. The molecule has 0 aromatic heterocycles. The van der Waals surface area contributed by atoms with Crippen LogP contribution in [0.2, 0.25) is 0 Å². The molecule has 150 valence electrons. The van der Waals surface area contributed by atoms with Crippen molar-refractivity contribution in [3.63, 3.8) is 0 Å². The van der Waals surface area contributed by atoms with Gasteiger partial charge < -0.3 is 20.1 Å². The van der Waals surface area contributed by atoms with Gasteiger partial charge in [-0.2, -0.15) is 0 Å². The first-order chi connectivity index (χ1) is 12.6. The van der Waals surface area contributed by atoms with Crippen molar-refractivity contribution in [1.29, 1.82) is 0 Å². The molecule has 1 aliphatic rings. The van der Waals surface area contributed by atoms with E-state index in [0.717, 1.165) is 31.1 Å². The maximum Gasteiger partial charge on any atom is 0.119 e. The molecule has 1 unspecified atom stereocenters. The fourth-order valence-electron chi connectivity index (χ4n) is 2.70. The Morgan fingerprint density at radius 2 is 1.70 bits per heavy atom. The van der Waals surface area contributed by atoms with E-state index in [2.05, 4.69) is 76.5 Å². The Morgan fingerprint density at radius 1 is 1.00 bits per heavy atom. The lowest BCUT2D eigenvalue weighted by atomic mass is 9.99. The first-order valence-corrected chi connectivity index (χ1v) is 9.86. The minimum absolute atomic E-state index is 0.0570. The van der Waals surface area contributed by atoms with Gasteiger partial charge in [-0.1, -0.05) is 39.0 Å². The Labute approximate surface area is 165 Å². The molecule has 0 spiro atoms. The molecule has 4 nitrogen and oxygen atoms in total. The third-order valence-corrected chi connectivity index (χ3v) is 3.88. The zero-order valence-corrected chi connectivity index (χ0v) is 17.8. The van der Waals surface area contributed by atoms with Crippen LogP contribution in [0.5, 0.6) is 5.75 Å². The summed E-state index contributed by atoms with van der Waals surface area (Å²) in [6.45, 7) is 15.2. The topological polar surface area (TPSA) is 42.5 Å². The van der Waals surface area contributed by atoms with E-state index >= 15 is 0 Å². The highest BCUT2D eigenvalue weighted by Gasteiger charge is 2.14. The Hall–Kier alpha value is -1.94. The van der Waals surface area contributed by atoms with Crippen molar-refractivity contribution in [2.75, 3.05) is 19.8 Å². The van der Waals surface area contributed by atoms with Gasteiger partial charge in [0, 0.05) is 24.8 Å². The second kappa shape index (κ2) is 9.32. The summed E-state index contributed by atoms with van der Waals surface area (Å²) >= 11 is 0. The molecule has 4 heteroatoms. The van der Waals surface area contributed by atoms with Crippen LogP contribution in [0.1, 0.15) is 59.6 Å². The van der Waals surface area contributed by atoms with Crippen LogP contribution in [0.3, 0.4) is 0 Å². The molecule has 0 amide bonds. The van der Waals surface area contributed by atoms with E-state index in [1.165, 1.54) is 5.56 Å². The van der Waals surface area contributed by atoms with Crippen molar-refractivity contribution in [2.45, 2.75) is 59.5 Å². The van der Waals surface area contributed by atoms with Gasteiger partial charge in [-0.25, -0.2) is 0 Å². The lowest BCUT2D eigenvalue weighted by Gasteiger charge is -2.26. The highest BCUT2D eigenvalue weighted by molar-refractivity contribution is 5.34. The van der Waals surface area contributed by atoms with Crippen molar-refractivity contribution in [2.24, 2.45) is 5.41 Å². The molecule has 1 aromatic rings. The van der Waals surface area contributed by atoms with Crippen LogP contribution in [0, 0.1) is 5.41 Å². The normalized spacial score (nSPS) is 17.3. The van der Waals surface area contributed by atoms with Gasteiger partial charge in [-0.05, 0) is 50.0 Å². The van der Waals surface area contributed by atoms with E-state index in [0.29, 0.717) is 6.61 Å². The molecule has 1 aromatic carbocycles. The van der Waals surface area contributed by atoms with Gasteiger partial charge in [0.1, 0.15) is 5.75 Å². The standard InChI is InChI=1S/C23H36N2O2/c1-22(2,3)17-26-14-7-15-27-20-11-8-18(9-12-20)21-13-10-19(16-24-21)25-23(4,5)6/h8-13,16,21,24-25H,7,14-15,17H2,1-6H3. The Morgan fingerprint density at radius 3 is 2.26 bits per heavy atom. The summed E-state index contributed by atoms with van der Waals surface area (Å²) in [6, 6.07) is 8.49. The number of ether oxygens (including phenoxy) is 2. The molecular formula is C23H36N2O2. The van der Waals surface area contributed by atoms with Crippen molar-refractivity contribution in [3.05, 3.63) is 53.9 Å². The molecule has 1 atom stereocenters. The van der Waals surface area contributed by atoms with Gasteiger partial charge in [-0.3, -0.25) is 0 Å². The number of dihydropyridines is 1. The number of nitrogens with one attached hydrogen (secondary N) is 2.